The molecule has 0 saturated carbocycles. The Morgan fingerprint density at radius 1 is 1.38 bits per heavy atom. The zero-order valence-electron chi connectivity index (χ0n) is 9.16. The van der Waals surface area contributed by atoms with E-state index in [1.54, 1.807) is 6.33 Å². The van der Waals surface area contributed by atoms with Gasteiger partial charge in [-0.1, -0.05) is 6.92 Å². The minimum absolute atomic E-state index is 0. The largest absolute Gasteiger partial charge is 1.00 e. The molecule has 0 aliphatic carbocycles. The van der Waals surface area contributed by atoms with Gasteiger partial charge in [0.05, 0.1) is 6.33 Å². The van der Waals surface area contributed by atoms with Gasteiger partial charge in [-0.2, -0.15) is 0 Å². The van der Waals surface area contributed by atoms with Crippen molar-refractivity contribution in [2.45, 2.75) is 19.9 Å². The van der Waals surface area contributed by atoms with Crippen LogP contribution in [0.2, 0.25) is 0 Å². The van der Waals surface area contributed by atoms with Gasteiger partial charge in [-0.25, -0.2) is 20.2 Å². The molecule has 0 saturated heterocycles. The first kappa shape index (κ1) is 13.0. The van der Waals surface area contributed by atoms with Crippen LogP contribution >= 0.6 is 0 Å². The van der Waals surface area contributed by atoms with Crippen LogP contribution in [0.15, 0.2) is 23.0 Å². The topological polar surface area (TPSA) is 91.4 Å². The van der Waals surface area contributed by atoms with Crippen LogP contribution in [0.4, 0.5) is 5.82 Å². The van der Waals surface area contributed by atoms with Crippen molar-refractivity contribution < 1.29 is 29.6 Å². The quantitative estimate of drug-likeness (QED) is 0.375. The Kier molecular flexibility index (Phi) is 4.78. The van der Waals surface area contributed by atoms with Gasteiger partial charge >= 0.3 is 29.6 Å². The molecule has 0 amide bonds. The van der Waals surface area contributed by atoms with Crippen LogP contribution in [0, 0.1) is 5.21 Å². The Bertz CT molecular complexity index is 496. The number of fused-ring (bicyclic) bond motifs is 1. The summed E-state index contributed by atoms with van der Waals surface area (Å²) in [6, 6.07) is 0. The third-order valence-corrected chi connectivity index (χ3v) is 1.98. The van der Waals surface area contributed by atoms with E-state index in [2.05, 4.69) is 32.3 Å². The Labute approximate surface area is 114 Å². The van der Waals surface area contributed by atoms with Gasteiger partial charge in [0.1, 0.15) is 6.33 Å². The summed E-state index contributed by atoms with van der Waals surface area (Å²) < 4.78 is 1.89. The standard InChI is InChI=1S/C8H10N6O.Na/c1-2-3-14-5-11-6-7(12-13-15)9-4-10-8(6)14;/h4-5H,2-3H2,1H3,(H,9,10,12,15);/q;+1/p-1. The van der Waals surface area contributed by atoms with Gasteiger partial charge in [0.2, 0.25) is 5.82 Å². The van der Waals surface area contributed by atoms with Crippen LogP contribution in [0.3, 0.4) is 0 Å². The second kappa shape index (κ2) is 5.88. The van der Waals surface area contributed by atoms with E-state index in [9.17, 15) is 5.21 Å². The molecule has 0 unspecified atom stereocenters. The van der Waals surface area contributed by atoms with E-state index in [1.165, 1.54) is 6.33 Å². The van der Waals surface area contributed by atoms with Gasteiger partial charge < -0.3 is 9.77 Å². The second-order valence-corrected chi connectivity index (χ2v) is 2.99. The van der Waals surface area contributed by atoms with E-state index in [0.717, 1.165) is 13.0 Å². The van der Waals surface area contributed by atoms with Crippen molar-refractivity contribution in [3.63, 3.8) is 0 Å². The maximum Gasteiger partial charge on any atom is 1.00 e. The molecule has 2 aromatic heterocycles. The first-order chi connectivity index (χ1) is 7.36. The molecular weight excluding hydrogens is 219 g/mol. The SMILES string of the molecule is CCCn1cnc2c(/N=N/[O-])ncnc21.[Na+]. The first-order valence-electron chi connectivity index (χ1n) is 4.56. The van der Waals surface area contributed by atoms with E-state index >= 15 is 0 Å². The number of imidazole rings is 1. The Balaban J connectivity index is 0.00000128. The maximum atomic E-state index is 10.0. The zero-order valence-corrected chi connectivity index (χ0v) is 11.2. The molecule has 2 heterocycles. The summed E-state index contributed by atoms with van der Waals surface area (Å²) in [5, 5.41) is 15.8. The third-order valence-electron chi connectivity index (χ3n) is 1.98. The van der Waals surface area contributed by atoms with Gasteiger partial charge in [-0.3, -0.25) is 0 Å². The number of aryl methyl sites for hydroxylation is 1. The molecule has 78 valence electrons. The zero-order chi connectivity index (χ0) is 10.7. The molecule has 0 spiro atoms. The van der Waals surface area contributed by atoms with Crippen molar-refractivity contribution in [2.24, 2.45) is 10.4 Å². The molecule has 0 radical (unpaired) electrons. The van der Waals surface area contributed by atoms with Crippen LogP contribution in [0.25, 0.3) is 11.2 Å². The summed E-state index contributed by atoms with van der Waals surface area (Å²) in [6.45, 7) is 2.88. The van der Waals surface area contributed by atoms with E-state index in [0.29, 0.717) is 11.2 Å². The molecule has 7 nitrogen and oxygen atoms in total. The molecule has 0 N–H and O–H groups in total. The third kappa shape index (κ3) is 2.37. The van der Waals surface area contributed by atoms with Crippen LogP contribution in [-0.4, -0.2) is 19.5 Å². The smallest absolute Gasteiger partial charge is 0.775 e. The summed E-state index contributed by atoms with van der Waals surface area (Å²) in [6.07, 6.45) is 3.99. The van der Waals surface area contributed by atoms with Crippen molar-refractivity contribution in [1.82, 2.24) is 19.5 Å². The summed E-state index contributed by atoms with van der Waals surface area (Å²) in [4.78, 5) is 12.0. The van der Waals surface area contributed by atoms with Crippen molar-refractivity contribution >= 4 is 17.0 Å². The van der Waals surface area contributed by atoms with Crippen molar-refractivity contribution in [1.29, 1.82) is 0 Å². The molecule has 0 fully saturated rings. The fraction of sp³-hybridized carbons (Fsp3) is 0.375. The average Bonchev–Trinajstić information content (AvgIpc) is 2.64. The van der Waals surface area contributed by atoms with E-state index < -0.39 is 0 Å². The summed E-state index contributed by atoms with van der Waals surface area (Å²) in [7, 11) is 0. The Morgan fingerprint density at radius 3 is 2.88 bits per heavy atom. The minimum atomic E-state index is 0. The van der Waals surface area contributed by atoms with Crippen LogP contribution in [0.1, 0.15) is 13.3 Å². The van der Waals surface area contributed by atoms with E-state index in [4.69, 9.17) is 0 Å². The van der Waals surface area contributed by atoms with E-state index in [1.807, 2.05) is 4.57 Å². The summed E-state index contributed by atoms with van der Waals surface area (Å²) >= 11 is 0. The van der Waals surface area contributed by atoms with Gasteiger partial charge in [0.25, 0.3) is 0 Å². The number of hydrogen-bond acceptors (Lipinski definition) is 6. The minimum Gasteiger partial charge on any atom is -0.775 e. The average molecular weight is 228 g/mol. The number of hydrogen-bond donors (Lipinski definition) is 0. The van der Waals surface area contributed by atoms with Crippen molar-refractivity contribution in [3.8, 4) is 0 Å². The van der Waals surface area contributed by atoms with Crippen molar-refractivity contribution in [3.05, 3.63) is 17.9 Å². The Hall–Kier alpha value is -1.05. The van der Waals surface area contributed by atoms with Gasteiger partial charge in [0, 0.05) is 6.54 Å². The molecule has 16 heavy (non-hydrogen) atoms. The summed E-state index contributed by atoms with van der Waals surface area (Å²) in [5.41, 5.74) is 1.18. The normalized spacial score (nSPS) is 10.8. The molecule has 8 heteroatoms. The van der Waals surface area contributed by atoms with Gasteiger partial charge in [-0.05, 0) is 6.42 Å². The predicted molar refractivity (Wildman–Crippen MR) is 53.5 cm³/mol. The van der Waals surface area contributed by atoms with Crippen LogP contribution in [-0.2, 0) is 6.54 Å². The summed E-state index contributed by atoms with van der Waals surface area (Å²) in [5.74, 6) is 0.213. The van der Waals surface area contributed by atoms with Crippen LogP contribution < -0.4 is 29.6 Å². The fourth-order valence-corrected chi connectivity index (χ4v) is 1.38. The second-order valence-electron chi connectivity index (χ2n) is 2.99. The number of rotatable bonds is 3. The Morgan fingerprint density at radius 2 is 2.19 bits per heavy atom. The molecule has 0 aliphatic heterocycles. The van der Waals surface area contributed by atoms with Crippen LogP contribution in [0.5, 0.6) is 0 Å². The number of nitrogens with zero attached hydrogens (tertiary/aromatic N) is 6. The molecule has 0 aromatic carbocycles. The molecule has 2 rings (SSSR count). The maximum absolute atomic E-state index is 10.0. The molecular formula is C8H9N6NaO. The van der Waals surface area contributed by atoms with Gasteiger partial charge in [0.15, 0.2) is 11.2 Å². The molecule has 0 aliphatic rings. The van der Waals surface area contributed by atoms with Gasteiger partial charge in [-0.15, -0.1) is 5.11 Å². The first-order valence-corrected chi connectivity index (χ1v) is 4.56. The molecule has 0 atom stereocenters. The van der Waals surface area contributed by atoms with E-state index in [-0.39, 0.29) is 35.4 Å². The fourth-order valence-electron chi connectivity index (χ4n) is 1.38. The molecule has 2 aromatic rings. The number of aromatic nitrogens is 4. The van der Waals surface area contributed by atoms with Crippen molar-refractivity contribution in [2.75, 3.05) is 0 Å². The molecule has 0 bridgehead atoms. The monoisotopic (exact) mass is 228 g/mol. The predicted octanol–water partition coefficient (Wildman–Crippen LogP) is -1.18.